The number of ether oxygens (including phenoxy) is 3. The number of rotatable bonds is 6. The second-order valence-electron chi connectivity index (χ2n) is 5.65. The number of hydrogen-bond acceptors (Lipinski definition) is 5. The van der Waals surface area contributed by atoms with E-state index in [4.69, 9.17) is 14.2 Å². The van der Waals surface area contributed by atoms with Crippen molar-refractivity contribution in [3.05, 3.63) is 23.8 Å². The van der Waals surface area contributed by atoms with Gasteiger partial charge in [0.1, 0.15) is 6.10 Å². The third kappa shape index (κ3) is 4.37. The summed E-state index contributed by atoms with van der Waals surface area (Å²) < 4.78 is 15.9. The molecule has 0 aromatic heterocycles. The number of nitrogens with zero attached hydrogens (tertiary/aromatic N) is 1. The molecule has 22 heavy (non-hydrogen) atoms. The van der Waals surface area contributed by atoms with Gasteiger partial charge >= 0.3 is 5.97 Å². The summed E-state index contributed by atoms with van der Waals surface area (Å²) in [6.07, 6.45) is 3.64. The third-order valence-corrected chi connectivity index (χ3v) is 3.89. The van der Waals surface area contributed by atoms with E-state index in [0.29, 0.717) is 17.1 Å². The van der Waals surface area contributed by atoms with Crippen LogP contribution in [0.5, 0.6) is 11.5 Å². The molecule has 0 radical (unpaired) electrons. The maximum absolute atomic E-state index is 12.2. The number of piperidine rings is 1. The molecule has 1 aliphatic heterocycles. The first-order chi connectivity index (χ1) is 10.6. The average Bonchev–Trinajstić information content (AvgIpc) is 2.54. The van der Waals surface area contributed by atoms with Crippen molar-refractivity contribution in [1.29, 1.82) is 0 Å². The van der Waals surface area contributed by atoms with Gasteiger partial charge in [-0.2, -0.15) is 0 Å². The molecule has 1 saturated heterocycles. The first-order valence-electron chi connectivity index (χ1n) is 7.79. The van der Waals surface area contributed by atoms with Gasteiger partial charge in [0.25, 0.3) is 0 Å². The summed E-state index contributed by atoms with van der Waals surface area (Å²) in [6.45, 7) is 4.92. The Labute approximate surface area is 132 Å². The van der Waals surface area contributed by atoms with E-state index in [2.05, 4.69) is 4.90 Å². The van der Waals surface area contributed by atoms with Crippen LogP contribution in [-0.4, -0.2) is 50.8 Å². The molecule has 0 unspecified atom stereocenters. The molecule has 1 aliphatic rings. The van der Waals surface area contributed by atoms with E-state index in [-0.39, 0.29) is 12.1 Å². The van der Waals surface area contributed by atoms with Gasteiger partial charge in [0.2, 0.25) is 0 Å². The minimum atomic E-state index is -0.328. The maximum atomic E-state index is 12.2. The zero-order valence-corrected chi connectivity index (χ0v) is 13.6. The Kier molecular flexibility index (Phi) is 6.07. The summed E-state index contributed by atoms with van der Waals surface area (Å²) >= 11 is 0. The number of likely N-dealkylation sites (tertiary alicyclic amines) is 1. The molecule has 1 aromatic carbocycles. The van der Waals surface area contributed by atoms with Gasteiger partial charge in [0.05, 0.1) is 19.8 Å². The van der Waals surface area contributed by atoms with Crippen LogP contribution in [0.4, 0.5) is 0 Å². The molecule has 0 N–H and O–H groups in total. The van der Waals surface area contributed by atoms with Crippen molar-refractivity contribution in [2.75, 3.05) is 33.9 Å². The summed E-state index contributed by atoms with van der Waals surface area (Å²) in [5, 5.41) is 0. The van der Waals surface area contributed by atoms with E-state index < -0.39 is 0 Å². The fourth-order valence-corrected chi connectivity index (χ4v) is 2.76. The molecule has 1 aromatic rings. The molecule has 0 aliphatic carbocycles. The lowest BCUT2D eigenvalue weighted by atomic mass is 10.1. The van der Waals surface area contributed by atoms with Crippen LogP contribution in [0.15, 0.2) is 18.2 Å². The van der Waals surface area contributed by atoms with Crippen molar-refractivity contribution in [3.8, 4) is 11.5 Å². The average molecular weight is 307 g/mol. The Morgan fingerprint density at radius 2 is 1.82 bits per heavy atom. The van der Waals surface area contributed by atoms with E-state index >= 15 is 0 Å². The standard InChI is InChI=1S/C17H25NO4/c1-13(12-18-9-5-4-6-10-18)22-17(19)14-7-8-15(20-2)16(11-14)21-3/h7-8,11,13H,4-6,9-10,12H2,1-3H3/t13-/m0/s1. The summed E-state index contributed by atoms with van der Waals surface area (Å²) in [6, 6.07) is 5.05. The summed E-state index contributed by atoms with van der Waals surface area (Å²) in [5.74, 6) is 0.798. The van der Waals surface area contributed by atoms with Gasteiger partial charge in [-0.15, -0.1) is 0 Å². The van der Waals surface area contributed by atoms with E-state index in [0.717, 1.165) is 19.6 Å². The van der Waals surface area contributed by atoms with E-state index in [1.807, 2.05) is 6.92 Å². The van der Waals surface area contributed by atoms with Gasteiger partial charge in [-0.3, -0.25) is 4.90 Å². The molecule has 5 heteroatoms. The van der Waals surface area contributed by atoms with Crippen molar-refractivity contribution >= 4 is 5.97 Å². The lowest BCUT2D eigenvalue weighted by Gasteiger charge is -2.28. The Morgan fingerprint density at radius 3 is 2.45 bits per heavy atom. The number of benzene rings is 1. The van der Waals surface area contributed by atoms with Gasteiger partial charge in [0, 0.05) is 6.54 Å². The van der Waals surface area contributed by atoms with Crippen LogP contribution in [-0.2, 0) is 4.74 Å². The van der Waals surface area contributed by atoms with Crippen LogP contribution in [0.3, 0.4) is 0 Å². The van der Waals surface area contributed by atoms with Crippen molar-refractivity contribution in [2.24, 2.45) is 0 Å². The lowest BCUT2D eigenvalue weighted by Crippen LogP contribution is -2.37. The number of hydrogen-bond donors (Lipinski definition) is 0. The Bertz CT molecular complexity index is 497. The Morgan fingerprint density at radius 1 is 1.14 bits per heavy atom. The minimum absolute atomic E-state index is 0.126. The third-order valence-electron chi connectivity index (χ3n) is 3.89. The first-order valence-corrected chi connectivity index (χ1v) is 7.79. The molecule has 1 atom stereocenters. The van der Waals surface area contributed by atoms with Crippen molar-refractivity contribution in [2.45, 2.75) is 32.3 Å². The Balaban J connectivity index is 1.93. The van der Waals surface area contributed by atoms with Crippen LogP contribution in [0.25, 0.3) is 0 Å². The number of esters is 1. The van der Waals surface area contributed by atoms with Gasteiger partial charge < -0.3 is 14.2 Å². The first kappa shape index (κ1) is 16.6. The molecule has 1 fully saturated rings. The fraction of sp³-hybridized carbons (Fsp3) is 0.588. The normalized spacial score (nSPS) is 16.9. The molecule has 1 heterocycles. The van der Waals surface area contributed by atoms with E-state index in [1.54, 1.807) is 32.4 Å². The van der Waals surface area contributed by atoms with Crippen LogP contribution in [0, 0.1) is 0 Å². The van der Waals surface area contributed by atoms with Crippen molar-refractivity contribution in [3.63, 3.8) is 0 Å². The molecular formula is C17H25NO4. The van der Waals surface area contributed by atoms with E-state index in [1.165, 1.54) is 19.3 Å². The molecule has 0 saturated carbocycles. The minimum Gasteiger partial charge on any atom is -0.493 e. The fourth-order valence-electron chi connectivity index (χ4n) is 2.76. The highest BCUT2D eigenvalue weighted by atomic mass is 16.5. The number of carbonyl (C=O) groups is 1. The Hall–Kier alpha value is -1.75. The monoisotopic (exact) mass is 307 g/mol. The zero-order valence-electron chi connectivity index (χ0n) is 13.6. The molecule has 0 bridgehead atoms. The van der Waals surface area contributed by atoms with Gasteiger partial charge in [0.15, 0.2) is 11.5 Å². The van der Waals surface area contributed by atoms with E-state index in [9.17, 15) is 4.79 Å². The zero-order chi connectivity index (χ0) is 15.9. The SMILES string of the molecule is COc1ccc(C(=O)O[C@@H](C)CN2CCCCC2)cc1OC. The molecule has 2 rings (SSSR count). The quantitative estimate of drug-likeness (QED) is 0.756. The van der Waals surface area contributed by atoms with Crippen LogP contribution in [0.1, 0.15) is 36.5 Å². The molecular weight excluding hydrogens is 282 g/mol. The number of methoxy groups -OCH3 is 2. The second kappa shape index (κ2) is 8.03. The lowest BCUT2D eigenvalue weighted by molar-refractivity contribution is 0.0235. The summed E-state index contributed by atoms with van der Waals surface area (Å²) in [5.41, 5.74) is 0.475. The highest BCUT2D eigenvalue weighted by Gasteiger charge is 2.18. The smallest absolute Gasteiger partial charge is 0.338 e. The van der Waals surface area contributed by atoms with Gasteiger partial charge in [-0.25, -0.2) is 4.79 Å². The molecule has 0 spiro atoms. The van der Waals surface area contributed by atoms with Gasteiger partial charge in [-0.05, 0) is 51.1 Å². The topological polar surface area (TPSA) is 48.0 Å². The molecule has 0 amide bonds. The van der Waals surface area contributed by atoms with Gasteiger partial charge in [-0.1, -0.05) is 6.42 Å². The molecule has 5 nitrogen and oxygen atoms in total. The molecule has 122 valence electrons. The predicted molar refractivity (Wildman–Crippen MR) is 84.7 cm³/mol. The van der Waals surface area contributed by atoms with Crippen LogP contribution < -0.4 is 9.47 Å². The van der Waals surface area contributed by atoms with Crippen LogP contribution >= 0.6 is 0 Å². The summed E-state index contributed by atoms with van der Waals surface area (Å²) in [7, 11) is 3.11. The highest BCUT2D eigenvalue weighted by Crippen LogP contribution is 2.27. The summed E-state index contributed by atoms with van der Waals surface area (Å²) in [4.78, 5) is 14.6. The maximum Gasteiger partial charge on any atom is 0.338 e. The largest absolute Gasteiger partial charge is 0.493 e. The number of carbonyl (C=O) groups excluding carboxylic acids is 1. The van der Waals surface area contributed by atoms with Crippen molar-refractivity contribution in [1.82, 2.24) is 4.90 Å². The predicted octanol–water partition coefficient (Wildman–Crippen LogP) is 2.74. The highest BCUT2D eigenvalue weighted by molar-refractivity contribution is 5.90. The second-order valence-corrected chi connectivity index (χ2v) is 5.65. The van der Waals surface area contributed by atoms with Crippen LogP contribution in [0.2, 0.25) is 0 Å². The van der Waals surface area contributed by atoms with Crippen molar-refractivity contribution < 1.29 is 19.0 Å².